The van der Waals surface area contributed by atoms with Crippen molar-refractivity contribution in [1.82, 2.24) is 0 Å². The van der Waals surface area contributed by atoms with E-state index in [1.165, 1.54) is 0 Å². The van der Waals surface area contributed by atoms with Crippen molar-refractivity contribution in [3.05, 3.63) is 0 Å². The van der Waals surface area contributed by atoms with E-state index < -0.39 is 30.7 Å². The molecule has 0 aromatic rings. The molecule has 0 radical (unpaired) electrons. The summed E-state index contributed by atoms with van der Waals surface area (Å²) in [6, 6.07) is 0.507. The first-order chi connectivity index (χ1) is 12.2. The van der Waals surface area contributed by atoms with Gasteiger partial charge in [-0.25, -0.2) is 16.8 Å². The molecule has 2 unspecified atom stereocenters. The van der Waals surface area contributed by atoms with Crippen molar-refractivity contribution in [2.45, 2.75) is 89.8 Å². The van der Waals surface area contributed by atoms with Crippen molar-refractivity contribution in [2.24, 2.45) is 5.73 Å². The van der Waals surface area contributed by atoms with Crippen LogP contribution in [0.4, 0.5) is 0 Å². The van der Waals surface area contributed by atoms with Gasteiger partial charge in [0.05, 0.1) is 33.5 Å². The van der Waals surface area contributed by atoms with Gasteiger partial charge in [-0.2, -0.15) is 0 Å². The van der Waals surface area contributed by atoms with Gasteiger partial charge in [-0.15, -0.1) is 0 Å². The molecule has 0 heterocycles. The number of hydrogen-bond donors (Lipinski definition) is 2. The highest BCUT2D eigenvalue weighted by atomic mass is 32.2. The zero-order valence-corrected chi connectivity index (χ0v) is 19.1. The maximum Gasteiger partial charge on any atom is 0.105 e. The van der Waals surface area contributed by atoms with E-state index >= 15 is 0 Å². The third-order valence-electron chi connectivity index (χ3n) is 3.42. The monoisotopic (exact) mass is 435 g/mol. The van der Waals surface area contributed by atoms with Gasteiger partial charge in [-0.05, 0) is 39.5 Å². The van der Waals surface area contributed by atoms with Crippen LogP contribution in [0.3, 0.4) is 0 Å². The van der Waals surface area contributed by atoms with Crippen LogP contribution in [0.15, 0.2) is 0 Å². The van der Waals surface area contributed by atoms with Crippen molar-refractivity contribution in [2.75, 3.05) is 13.2 Å². The summed E-state index contributed by atoms with van der Waals surface area (Å²) in [5, 5.41) is -1.37. The molecule has 0 aliphatic carbocycles. The van der Waals surface area contributed by atoms with Gasteiger partial charge in [0.25, 0.3) is 0 Å². The first-order valence-electron chi connectivity index (χ1n) is 9.22. The Morgan fingerprint density at radius 1 is 0.815 bits per heavy atom. The Hall–Kier alpha value is -0.300. The highest BCUT2D eigenvalue weighted by Gasteiger charge is 2.10. The quantitative estimate of drug-likeness (QED) is 0.463. The predicted molar refractivity (Wildman–Crippen MR) is 105 cm³/mol. The first kappa shape index (κ1) is 31.4. The molecule has 0 bridgehead atoms. The zero-order valence-electron chi connectivity index (χ0n) is 17.5. The second-order valence-electron chi connectivity index (χ2n) is 6.48. The summed E-state index contributed by atoms with van der Waals surface area (Å²) in [6.07, 6.45) is 1.68. The molecular formula is C16H39N2O7S2-. The molecule has 11 heteroatoms. The Kier molecular flexibility index (Phi) is 19.3. The summed E-state index contributed by atoms with van der Waals surface area (Å²) in [7, 11) is -8.03. The fourth-order valence-electron chi connectivity index (χ4n) is 1.85. The van der Waals surface area contributed by atoms with Crippen LogP contribution in [0.25, 0.3) is 0 Å². The number of quaternary nitrogens is 1. The van der Waals surface area contributed by atoms with Crippen LogP contribution in [0.5, 0.6) is 0 Å². The van der Waals surface area contributed by atoms with Crippen molar-refractivity contribution in [1.29, 1.82) is 0 Å². The molecule has 27 heavy (non-hydrogen) atoms. The molecule has 0 saturated carbocycles. The molecule has 5 N–H and O–H groups in total. The summed E-state index contributed by atoms with van der Waals surface area (Å²) in [5.41, 5.74) is 9.20. The molecule has 0 amide bonds. The second kappa shape index (κ2) is 16.6. The molecule has 0 aliphatic heterocycles. The molecule has 0 rings (SSSR count). The van der Waals surface area contributed by atoms with E-state index in [4.69, 9.17) is 10.5 Å². The Labute approximate surface area is 165 Å². The van der Waals surface area contributed by atoms with E-state index in [2.05, 4.69) is 5.73 Å². The molecular weight excluding hydrogens is 396 g/mol. The second-order valence-corrected chi connectivity index (χ2v) is 9.79. The van der Waals surface area contributed by atoms with E-state index in [9.17, 15) is 25.9 Å². The average Bonchev–Trinajstić information content (AvgIpc) is 2.47. The number of ether oxygens (including phenoxy) is 1. The number of nitrogens with two attached hydrogens (primary N) is 1. The summed E-state index contributed by atoms with van der Waals surface area (Å²) < 4.78 is 66.6. The summed E-state index contributed by atoms with van der Waals surface area (Å²) in [4.78, 5) is 0. The minimum absolute atomic E-state index is 0.142. The van der Waals surface area contributed by atoms with Gasteiger partial charge in [-0.3, -0.25) is 0 Å². The molecule has 0 aromatic carbocycles. The summed E-state index contributed by atoms with van der Waals surface area (Å²) in [5.74, 6) is 0. The normalized spacial score (nSPS) is 14.1. The van der Waals surface area contributed by atoms with Gasteiger partial charge in [-0.1, -0.05) is 27.7 Å². The standard InChI is InChI=1S/C6H16N2O.2C5H12O3S/c1-5(7)3-9-4-6(2)8;2*1-3-5(4-2)9(6,7)8/h5-6H,3-4,7-8H2,1-2H3;2*5H,3-4H2,1-2H3,(H,6,7,8)/p-1. The van der Waals surface area contributed by atoms with Crippen molar-refractivity contribution in [3.8, 4) is 0 Å². The van der Waals surface area contributed by atoms with Crippen LogP contribution in [0, 0.1) is 0 Å². The van der Waals surface area contributed by atoms with Crippen molar-refractivity contribution >= 4 is 20.2 Å². The third-order valence-corrected chi connectivity index (χ3v) is 6.39. The topological polar surface area (TPSA) is 177 Å². The average molecular weight is 436 g/mol. The molecule has 0 aliphatic rings. The van der Waals surface area contributed by atoms with Gasteiger partial charge < -0.3 is 25.3 Å². The highest BCUT2D eigenvalue weighted by molar-refractivity contribution is 7.86. The minimum Gasteiger partial charge on any atom is -0.748 e. The minimum atomic E-state index is -4.02. The van der Waals surface area contributed by atoms with Gasteiger partial charge in [0.1, 0.15) is 6.04 Å². The van der Waals surface area contributed by atoms with Crippen LogP contribution >= 0.6 is 0 Å². The van der Waals surface area contributed by atoms with Gasteiger partial charge >= 0.3 is 0 Å². The number of hydrogen-bond acceptors (Lipinski definition) is 8. The molecule has 0 aromatic heterocycles. The van der Waals surface area contributed by atoms with Crippen LogP contribution < -0.4 is 11.5 Å². The maximum absolute atomic E-state index is 10.2. The summed E-state index contributed by atoms with van der Waals surface area (Å²) >= 11 is 0. The Morgan fingerprint density at radius 3 is 1.22 bits per heavy atom. The maximum atomic E-state index is 10.2. The fourth-order valence-corrected chi connectivity index (χ4v) is 3.48. The lowest BCUT2D eigenvalue weighted by Gasteiger charge is -2.15. The largest absolute Gasteiger partial charge is 0.748 e. The van der Waals surface area contributed by atoms with Crippen LogP contribution in [0.1, 0.15) is 67.2 Å². The lowest BCUT2D eigenvalue weighted by Crippen LogP contribution is -2.61. The van der Waals surface area contributed by atoms with E-state index in [1.807, 2.05) is 13.8 Å². The number of rotatable bonds is 10. The van der Waals surface area contributed by atoms with Gasteiger partial charge in [0, 0.05) is 16.5 Å². The predicted octanol–water partition coefficient (Wildman–Crippen LogP) is 0.421. The summed E-state index contributed by atoms with van der Waals surface area (Å²) in [6.45, 7) is 12.1. The van der Waals surface area contributed by atoms with Crippen molar-refractivity contribution in [3.63, 3.8) is 0 Å². The molecule has 168 valence electrons. The van der Waals surface area contributed by atoms with Crippen LogP contribution in [0.2, 0.25) is 0 Å². The van der Waals surface area contributed by atoms with E-state index in [0.29, 0.717) is 44.9 Å². The molecule has 0 saturated heterocycles. The SMILES string of the molecule is CC(N)COCC(C)[NH3+].CCC(CC)S(=O)(=O)[O-].CCC(CC)S(=O)(=O)[O-]. The molecule has 0 fully saturated rings. The van der Waals surface area contributed by atoms with Crippen LogP contribution in [-0.4, -0.2) is 61.7 Å². The van der Waals surface area contributed by atoms with E-state index in [-0.39, 0.29) is 6.04 Å². The first-order valence-corrected chi connectivity index (χ1v) is 12.2. The highest BCUT2D eigenvalue weighted by Crippen LogP contribution is 2.07. The third kappa shape index (κ3) is 21.9. The molecule has 9 nitrogen and oxygen atoms in total. The van der Waals surface area contributed by atoms with Gasteiger partial charge in [0.2, 0.25) is 0 Å². The smallest absolute Gasteiger partial charge is 0.105 e. The van der Waals surface area contributed by atoms with Gasteiger partial charge in [0.15, 0.2) is 0 Å². The lowest BCUT2D eigenvalue weighted by molar-refractivity contribution is -0.421. The lowest BCUT2D eigenvalue weighted by atomic mass is 10.3. The zero-order chi connectivity index (χ0) is 22.3. The van der Waals surface area contributed by atoms with E-state index in [1.54, 1.807) is 27.7 Å². The fraction of sp³-hybridized carbons (Fsp3) is 1.00. The molecule has 0 spiro atoms. The van der Waals surface area contributed by atoms with Crippen LogP contribution in [-0.2, 0) is 25.0 Å². The Morgan fingerprint density at radius 2 is 1.11 bits per heavy atom. The van der Waals surface area contributed by atoms with Crippen molar-refractivity contribution < 1.29 is 36.4 Å². The molecule has 2 atom stereocenters. The van der Waals surface area contributed by atoms with E-state index in [0.717, 1.165) is 0 Å². The Bertz CT molecular complexity index is 479. The Balaban J connectivity index is -0.000000320.